The van der Waals surface area contributed by atoms with Crippen LogP contribution in [-0.2, 0) is 0 Å². The van der Waals surface area contributed by atoms with Gasteiger partial charge in [0.1, 0.15) is 0 Å². The van der Waals surface area contributed by atoms with Crippen LogP contribution >= 0.6 is 0 Å². The second-order valence-corrected chi connectivity index (χ2v) is 2.68. The van der Waals surface area contributed by atoms with Gasteiger partial charge in [0, 0.05) is 5.92 Å². The fraction of sp³-hybridized carbons (Fsp3) is 0.429. The number of hydrogen-bond donors (Lipinski definition) is 0. The van der Waals surface area contributed by atoms with Crippen LogP contribution in [0.2, 0.25) is 0 Å². The van der Waals surface area contributed by atoms with Crippen molar-refractivity contribution in [2.75, 3.05) is 0 Å². The third-order valence-corrected chi connectivity index (χ3v) is 2.40. The topological polar surface area (TPSA) is 0 Å². The molecule has 0 radical (unpaired) electrons. The summed E-state index contributed by atoms with van der Waals surface area (Å²) in [5.74, 6) is 2.01. The highest BCUT2D eigenvalue weighted by molar-refractivity contribution is 5.59. The molecule has 0 nitrogen and oxygen atoms in total. The number of fused-ring (bicyclic) bond motifs is 1. The first-order valence-electron chi connectivity index (χ1n) is 2.88. The molecule has 3 rings (SSSR count). The highest BCUT2D eigenvalue weighted by atomic mass is 14.6. The van der Waals surface area contributed by atoms with Crippen LogP contribution in [0.4, 0.5) is 0 Å². The minimum atomic E-state index is 0.954. The van der Waals surface area contributed by atoms with Gasteiger partial charge < -0.3 is 0 Å². The van der Waals surface area contributed by atoms with E-state index in [-0.39, 0.29) is 0 Å². The lowest BCUT2D eigenvalue weighted by atomic mass is 9.97. The number of allylic oxidation sites excluding steroid dienone is 4. The quantitative estimate of drug-likeness (QED) is 0.423. The largest absolute Gasteiger partial charge is 0.0764 e. The molecule has 1 saturated carbocycles. The van der Waals surface area contributed by atoms with Crippen LogP contribution in [0.3, 0.4) is 0 Å². The summed E-state index contributed by atoms with van der Waals surface area (Å²) in [7, 11) is 0. The maximum absolute atomic E-state index is 2.35. The Hall–Kier alpha value is -0.520. The Morgan fingerprint density at radius 2 is 2.57 bits per heavy atom. The second-order valence-electron chi connectivity index (χ2n) is 2.68. The van der Waals surface area contributed by atoms with Gasteiger partial charge in [-0.3, -0.25) is 0 Å². The Kier molecular flexibility index (Phi) is 0.203. The summed E-state index contributed by atoms with van der Waals surface area (Å²) in [5, 5.41) is 0. The molecule has 0 heteroatoms. The van der Waals surface area contributed by atoms with Crippen LogP contribution in [-0.4, -0.2) is 0 Å². The van der Waals surface area contributed by atoms with E-state index in [1.54, 1.807) is 11.1 Å². The van der Waals surface area contributed by atoms with E-state index >= 15 is 0 Å². The van der Waals surface area contributed by atoms with Gasteiger partial charge in [-0.05, 0) is 17.9 Å². The molecule has 0 bridgehead atoms. The van der Waals surface area contributed by atoms with Gasteiger partial charge in [0.2, 0.25) is 0 Å². The lowest BCUT2D eigenvalue weighted by Crippen LogP contribution is -1.93. The van der Waals surface area contributed by atoms with Gasteiger partial charge >= 0.3 is 0 Å². The zero-order chi connectivity index (χ0) is 4.43. The van der Waals surface area contributed by atoms with Crippen LogP contribution in [0.25, 0.3) is 0 Å². The van der Waals surface area contributed by atoms with Crippen molar-refractivity contribution in [2.24, 2.45) is 11.8 Å². The first kappa shape index (κ1) is 2.71. The van der Waals surface area contributed by atoms with Crippen LogP contribution in [0, 0.1) is 11.8 Å². The van der Waals surface area contributed by atoms with Crippen molar-refractivity contribution < 1.29 is 0 Å². The van der Waals surface area contributed by atoms with E-state index < -0.39 is 0 Å². The molecular formula is C7H6. The predicted molar refractivity (Wildman–Crippen MR) is 27.8 cm³/mol. The van der Waals surface area contributed by atoms with Crippen LogP contribution in [0.15, 0.2) is 23.3 Å². The minimum Gasteiger partial charge on any atom is -0.0764 e. The van der Waals surface area contributed by atoms with E-state index in [1.807, 2.05) is 0 Å². The Morgan fingerprint density at radius 3 is 2.71 bits per heavy atom. The van der Waals surface area contributed by atoms with E-state index in [4.69, 9.17) is 0 Å². The Bertz CT molecular complexity index is 196. The second kappa shape index (κ2) is 0.525. The zero-order valence-electron chi connectivity index (χ0n) is 4.02. The molecule has 34 valence electrons. The van der Waals surface area contributed by atoms with E-state index in [0.717, 1.165) is 11.8 Å². The van der Waals surface area contributed by atoms with Crippen molar-refractivity contribution in [3.63, 3.8) is 0 Å². The fourth-order valence-corrected chi connectivity index (χ4v) is 1.88. The van der Waals surface area contributed by atoms with Crippen LogP contribution in [0.5, 0.6) is 0 Å². The number of rotatable bonds is 0. The lowest BCUT2D eigenvalue weighted by Gasteiger charge is -2.07. The summed E-state index contributed by atoms with van der Waals surface area (Å²) in [4.78, 5) is 0. The van der Waals surface area contributed by atoms with Gasteiger partial charge in [0.05, 0.1) is 0 Å². The van der Waals surface area contributed by atoms with Crippen molar-refractivity contribution in [1.29, 1.82) is 0 Å². The van der Waals surface area contributed by atoms with Crippen molar-refractivity contribution in [2.45, 2.75) is 6.42 Å². The maximum Gasteiger partial charge on any atom is 0.00582 e. The van der Waals surface area contributed by atoms with Gasteiger partial charge in [-0.1, -0.05) is 17.7 Å². The summed E-state index contributed by atoms with van der Waals surface area (Å²) in [6, 6.07) is 0. The Labute approximate surface area is 42.5 Å². The Balaban J connectivity index is 2.43. The molecule has 3 aliphatic rings. The zero-order valence-corrected chi connectivity index (χ0v) is 4.02. The molecule has 0 unspecified atom stereocenters. The van der Waals surface area contributed by atoms with Crippen molar-refractivity contribution in [3.05, 3.63) is 23.3 Å². The first-order valence-corrected chi connectivity index (χ1v) is 2.88. The van der Waals surface area contributed by atoms with E-state index in [1.165, 1.54) is 6.42 Å². The third kappa shape index (κ3) is 0.131. The van der Waals surface area contributed by atoms with Crippen molar-refractivity contribution >= 4 is 0 Å². The molecule has 3 aliphatic carbocycles. The molecule has 0 aliphatic heterocycles. The smallest absolute Gasteiger partial charge is 0.00582 e. The first-order chi connectivity index (χ1) is 3.47. The maximum atomic E-state index is 2.35. The summed E-state index contributed by atoms with van der Waals surface area (Å²) < 4.78 is 0. The molecule has 0 aromatic carbocycles. The SMILES string of the molecule is C1=C[C@@H]2C3=C1C[C@H]32. The van der Waals surface area contributed by atoms with E-state index in [0.29, 0.717) is 0 Å². The fourth-order valence-electron chi connectivity index (χ4n) is 1.88. The monoisotopic (exact) mass is 90.0 g/mol. The van der Waals surface area contributed by atoms with Gasteiger partial charge in [0.25, 0.3) is 0 Å². The summed E-state index contributed by atoms with van der Waals surface area (Å²) >= 11 is 0. The summed E-state index contributed by atoms with van der Waals surface area (Å²) in [6.45, 7) is 0. The molecule has 0 amide bonds. The normalized spacial score (nSPS) is 49.1. The molecule has 0 aromatic rings. The van der Waals surface area contributed by atoms with Crippen molar-refractivity contribution in [1.82, 2.24) is 0 Å². The van der Waals surface area contributed by atoms with Gasteiger partial charge in [-0.15, -0.1) is 0 Å². The predicted octanol–water partition coefficient (Wildman–Crippen LogP) is 1.50. The van der Waals surface area contributed by atoms with Crippen LogP contribution < -0.4 is 0 Å². The van der Waals surface area contributed by atoms with E-state index in [2.05, 4.69) is 12.2 Å². The number of hydrogen-bond acceptors (Lipinski definition) is 0. The molecule has 0 N–H and O–H groups in total. The summed E-state index contributed by atoms with van der Waals surface area (Å²) in [6.07, 6.45) is 6.05. The average Bonchev–Trinajstić information content (AvgIpc) is 2.02. The molecule has 0 aromatic heterocycles. The highest BCUT2D eigenvalue weighted by Gasteiger charge is 2.53. The minimum absolute atomic E-state index is 0.954. The molecule has 0 heterocycles. The third-order valence-electron chi connectivity index (χ3n) is 2.40. The molecule has 1 fully saturated rings. The molecule has 0 spiro atoms. The standard InChI is InChI=1S/C7H6/c1-2-5-6-3-4(1)7(5)6/h1-2,5-6H,3H2/t5-,6-/m0/s1. The average molecular weight is 90.1 g/mol. The van der Waals surface area contributed by atoms with Gasteiger partial charge in [0.15, 0.2) is 0 Å². The summed E-state index contributed by atoms with van der Waals surface area (Å²) in [5.41, 5.74) is 3.44. The highest BCUT2D eigenvalue weighted by Crippen LogP contribution is 2.64. The molecular weight excluding hydrogens is 84.1 g/mol. The molecule has 0 saturated heterocycles. The van der Waals surface area contributed by atoms with Crippen LogP contribution in [0.1, 0.15) is 6.42 Å². The molecule has 7 heavy (non-hydrogen) atoms. The lowest BCUT2D eigenvalue weighted by molar-refractivity contribution is 0.747. The van der Waals surface area contributed by atoms with Crippen molar-refractivity contribution in [3.8, 4) is 0 Å². The Morgan fingerprint density at radius 1 is 1.57 bits per heavy atom. The van der Waals surface area contributed by atoms with Gasteiger partial charge in [-0.25, -0.2) is 0 Å². The molecule has 2 atom stereocenters. The van der Waals surface area contributed by atoms with Gasteiger partial charge in [-0.2, -0.15) is 0 Å². The van der Waals surface area contributed by atoms with E-state index in [9.17, 15) is 0 Å².